The van der Waals surface area contributed by atoms with Crippen molar-refractivity contribution in [2.24, 2.45) is 5.92 Å². The molecule has 18 heavy (non-hydrogen) atoms. The summed E-state index contributed by atoms with van der Waals surface area (Å²) < 4.78 is 2.06. The minimum absolute atomic E-state index is 0.317. The van der Waals surface area contributed by atoms with Gasteiger partial charge in [-0.25, -0.2) is 0 Å². The standard InChI is InChI=1S/C14H25N3O/c1-3-12(2)17-8-6-14(15-17)10-16-7-4-5-13(9-16)11-18/h6,8,12-13,18H,3-5,7,9-11H2,1-2H3. The van der Waals surface area contributed by atoms with Gasteiger partial charge in [-0.2, -0.15) is 5.10 Å². The summed E-state index contributed by atoms with van der Waals surface area (Å²) in [6.45, 7) is 7.75. The first-order valence-electron chi connectivity index (χ1n) is 7.10. The predicted molar refractivity (Wildman–Crippen MR) is 72.3 cm³/mol. The summed E-state index contributed by atoms with van der Waals surface area (Å²) >= 11 is 0. The molecule has 1 saturated heterocycles. The van der Waals surface area contributed by atoms with Gasteiger partial charge in [0.1, 0.15) is 0 Å². The van der Waals surface area contributed by atoms with Gasteiger partial charge in [0.05, 0.1) is 5.69 Å². The van der Waals surface area contributed by atoms with Crippen LogP contribution >= 0.6 is 0 Å². The number of hydrogen-bond acceptors (Lipinski definition) is 3. The van der Waals surface area contributed by atoms with Gasteiger partial charge in [0, 0.05) is 31.9 Å². The van der Waals surface area contributed by atoms with Gasteiger partial charge in [0.15, 0.2) is 0 Å². The number of nitrogens with zero attached hydrogens (tertiary/aromatic N) is 3. The number of piperidine rings is 1. The first kappa shape index (κ1) is 13.6. The third-order valence-electron chi connectivity index (χ3n) is 3.95. The molecule has 0 radical (unpaired) electrons. The molecule has 2 rings (SSSR count). The molecule has 1 aromatic rings. The highest BCUT2D eigenvalue weighted by molar-refractivity contribution is 5.00. The Morgan fingerprint density at radius 1 is 1.56 bits per heavy atom. The van der Waals surface area contributed by atoms with E-state index in [-0.39, 0.29) is 0 Å². The van der Waals surface area contributed by atoms with Gasteiger partial charge in [0.25, 0.3) is 0 Å². The first-order valence-corrected chi connectivity index (χ1v) is 7.10. The van der Waals surface area contributed by atoms with E-state index in [0.717, 1.165) is 38.2 Å². The summed E-state index contributed by atoms with van der Waals surface area (Å²) in [7, 11) is 0. The summed E-state index contributed by atoms with van der Waals surface area (Å²) in [5.41, 5.74) is 1.15. The van der Waals surface area contributed by atoms with Crippen LogP contribution in [-0.4, -0.2) is 39.5 Å². The Balaban J connectivity index is 1.90. The van der Waals surface area contributed by atoms with Crippen molar-refractivity contribution >= 4 is 0 Å². The molecule has 102 valence electrons. The van der Waals surface area contributed by atoms with Crippen LogP contribution in [0.1, 0.15) is 44.8 Å². The molecule has 0 bridgehead atoms. The molecule has 1 aromatic heterocycles. The maximum Gasteiger partial charge on any atom is 0.0764 e. The van der Waals surface area contributed by atoms with Crippen molar-refractivity contribution < 1.29 is 5.11 Å². The molecule has 0 aromatic carbocycles. The van der Waals surface area contributed by atoms with Gasteiger partial charge in [-0.1, -0.05) is 6.92 Å². The van der Waals surface area contributed by atoms with Crippen molar-refractivity contribution in [1.29, 1.82) is 0 Å². The van der Waals surface area contributed by atoms with E-state index in [9.17, 15) is 5.11 Å². The highest BCUT2D eigenvalue weighted by Crippen LogP contribution is 2.18. The molecular formula is C14H25N3O. The second kappa shape index (κ2) is 6.34. The quantitative estimate of drug-likeness (QED) is 0.871. The zero-order valence-corrected chi connectivity index (χ0v) is 11.5. The molecule has 0 aliphatic carbocycles. The molecule has 0 saturated carbocycles. The van der Waals surface area contributed by atoms with Gasteiger partial charge in [-0.3, -0.25) is 9.58 Å². The Morgan fingerprint density at radius 3 is 3.11 bits per heavy atom. The van der Waals surface area contributed by atoms with Gasteiger partial charge in [-0.05, 0) is 44.7 Å². The van der Waals surface area contributed by atoms with Crippen molar-refractivity contribution in [2.75, 3.05) is 19.7 Å². The Kier molecular flexibility index (Phi) is 4.78. The second-order valence-electron chi connectivity index (χ2n) is 5.47. The van der Waals surface area contributed by atoms with Gasteiger partial charge >= 0.3 is 0 Å². The van der Waals surface area contributed by atoms with Crippen LogP contribution in [0.4, 0.5) is 0 Å². The van der Waals surface area contributed by atoms with E-state index in [1.165, 1.54) is 6.42 Å². The Morgan fingerprint density at radius 2 is 2.39 bits per heavy atom. The van der Waals surface area contributed by atoms with Gasteiger partial charge in [-0.15, -0.1) is 0 Å². The van der Waals surface area contributed by atoms with Gasteiger partial charge < -0.3 is 5.11 Å². The molecule has 1 fully saturated rings. The lowest BCUT2D eigenvalue weighted by atomic mass is 9.99. The lowest BCUT2D eigenvalue weighted by Gasteiger charge is -2.31. The fourth-order valence-electron chi connectivity index (χ4n) is 2.57. The average Bonchev–Trinajstić information content (AvgIpc) is 2.86. The zero-order valence-electron chi connectivity index (χ0n) is 11.5. The molecule has 0 amide bonds. The highest BCUT2D eigenvalue weighted by atomic mass is 16.3. The van der Waals surface area contributed by atoms with Crippen LogP contribution in [-0.2, 0) is 6.54 Å². The molecule has 4 nitrogen and oxygen atoms in total. The SMILES string of the molecule is CCC(C)n1ccc(CN2CCCC(CO)C2)n1. The van der Waals surface area contributed by atoms with E-state index in [0.29, 0.717) is 18.6 Å². The Bertz CT molecular complexity index is 364. The maximum atomic E-state index is 9.24. The molecule has 1 aliphatic rings. The smallest absolute Gasteiger partial charge is 0.0764 e. The van der Waals surface area contributed by atoms with Crippen LogP contribution in [0.15, 0.2) is 12.3 Å². The Labute approximate surface area is 110 Å². The topological polar surface area (TPSA) is 41.3 Å². The van der Waals surface area contributed by atoms with Crippen LogP contribution in [0.25, 0.3) is 0 Å². The molecule has 2 heterocycles. The number of aliphatic hydroxyl groups excluding tert-OH is 1. The van der Waals surface area contributed by atoms with Crippen molar-refractivity contribution in [2.45, 2.75) is 45.7 Å². The number of aliphatic hydroxyl groups is 1. The van der Waals surface area contributed by atoms with Gasteiger partial charge in [0.2, 0.25) is 0 Å². The van der Waals surface area contributed by atoms with Crippen molar-refractivity contribution in [3.63, 3.8) is 0 Å². The normalized spacial score (nSPS) is 23.2. The zero-order chi connectivity index (χ0) is 13.0. The number of aromatic nitrogens is 2. The lowest BCUT2D eigenvalue weighted by Crippen LogP contribution is -2.36. The summed E-state index contributed by atoms with van der Waals surface area (Å²) in [6, 6.07) is 2.60. The van der Waals surface area contributed by atoms with Crippen LogP contribution in [0.2, 0.25) is 0 Å². The molecule has 0 spiro atoms. The average molecular weight is 251 g/mol. The highest BCUT2D eigenvalue weighted by Gasteiger charge is 2.19. The van der Waals surface area contributed by atoms with E-state index < -0.39 is 0 Å². The van der Waals surface area contributed by atoms with Crippen LogP contribution in [0, 0.1) is 5.92 Å². The molecule has 1 aliphatic heterocycles. The summed E-state index contributed by atoms with van der Waals surface area (Å²) in [5, 5.41) is 13.9. The first-order chi connectivity index (χ1) is 8.72. The van der Waals surface area contributed by atoms with E-state index in [4.69, 9.17) is 0 Å². The van der Waals surface area contributed by atoms with E-state index in [1.54, 1.807) is 0 Å². The molecule has 2 atom stereocenters. The third-order valence-corrected chi connectivity index (χ3v) is 3.95. The largest absolute Gasteiger partial charge is 0.396 e. The minimum Gasteiger partial charge on any atom is -0.396 e. The van der Waals surface area contributed by atoms with E-state index in [1.807, 2.05) is 0 Å². The summed E-state index contributed by atoms with van der Waals surface area (Å²) in [6.07, 6.45) is 5.54. The molecule has 4 heteroatoms. The Hall–Kier alpha value is -0.870. The van der Waals surface area contributed by atoms with Crippen LogP contribution in [0.3, 0.4) is 0 Å². The van der Waals surface area contributed by atoms with E-state index >= 15 is 0 Å². The molecule has 1 N–H and O–H groups in total. The molecular weight excluding hydrogens is 226 g/mol. The fraction of sp³-hybridized carbons (Fsp3) is 0.786. The molecule has 2 unspecified atom stereocenters. The summed E-state index contributed by atoms with van der Waals surface area (Å²) in [4.78, 5) is 2.41. The fourth-order valence-corrected chi connectivity index (χ4v) is 2.57. The lowest BCUT2D eigenvalue weighted by molar-refractivity contribution is 0.114. The van der Waals surface area contributed by atoms with Crippen LogP contribution in [0.5, 0.6) is 0 Å². The predicted octanol–water partition coefficient (Wildman–Crippen LogP) is 2.06. The van der Waals surface area contributed by atoms with Crippen LogP contribution < -0.4 is 0 Å². The maximum absolute atomic E-state index is 9.24. The van der Waals surface area contributed by atoms with E-state index in [2.05, 4.69) is 40.8 Å². The van der Waals surface area contributed by atoms with Crippen molar-refractivity contribution in [1.82, 2.24) is 14.7 Å². The number of hydrogen-bond donors (Lipinski definition) is 1. The number of likely N-dealkylation sites (tertiary alicyclic amines) is 1. The number of rotatable bonds is 5. The minimum atomic E-state index is 0.317. The monoisotopic (exact) mass is 251 g/mol. The second-order valence-corrected chi connectivity index (χ2v) is 5.47. The summed E-state index contributed by atoms with van der Waals surface area (Å²) in [5.74, 6) is 0.454. The van der Waals surface area contributed by atoms with Crippen molar-refractivity contribution in [3.05, 3.63) is 18.0 Å². The third kappa shape index (κ3) is 3.33. The van der Waals surface area contributed by atoms with Crippen molar-refractivity contribution in [3.8, 4) is 0 Å².